The number of hydrogen-bond acceptors (Lipinski definition) is 7. The molecule has 4 atom stereocenters. The van der Waals surface area contributed by atoms with Crippen molar-refractivity contribution in [1.29, 1.82) is 0 Å². The van der Waals surface area contributed by atoms with Crippen molar-refractivity contribution >= 4 is 37.4 Å². The molecule has 2 fully saturated rings. The van der Waals surface area contributed by atoms with Gasteiger partial charge in [0.15, 0.2) is 13.9 Å². The summed E-state index contributed by atoms with van der Waals surface area (Å²) in [5, 5.41) is 9.81. The van der Waals surface area contributed by atoms with Crippen molar-refractivity contribution in [2.75, 3.05) is 36.6 Å². The second-order valence-electron chi connectivity index (χ2n) is 14.0. The van der Waals surface area contributed by atoms with E-state index < -0.39 is 31.5 Å². The van der Waals surface area contributed by atoms with Crippen molar-refractivity contribution in [1.82, 2.24) is 4.90 Å². The van der Waals surface area contributed by atoms with Gasteiger partial charge in [-0.05, 0) is 67.4 Å². The number of rotatable bonds is 11. The highest BCUT2D eigenvalue weighted by Crippen LogP contribution is 2.60. The number of methoxy groups -OCH3 is 1. The predicted octanol–water partition coefficient (Wildman–Crippen LogP) is 4.97. The summed E-state index contributed by atoms with van der Waals surface area (Å²) < 4.78 is 12.5. The lowest BCUT2D eigenvalue weighted by Crippen LogP contribution is -2.46. The summed E-state index contributed by atoms with van der Waals surface area (Å²) in [7, 11) is -1.44. The van der Waals surface area contributed by atoms with Gasteiger partial charge >= 0.3 is 0 Å². The SMILES string of the molecule is COc1ccc2c(c1)[C@@]1(O[C@H](CC(=O)N(CCO)Cc3ccccc3)[C@@H]([Si](C)(C)O)[C@@H]1C)C(=O)N2Cc1ccc(N2CCCCC2=O)cc1. The molecule has 11 heteroatoms. The number of benzene rings is 3. The predicted molar refractivity (Wildman–Crippen MR) is 190 cm³/mol. The summed E-state index contributed by atoms with van der Waals surface area (Å²) >= 11 is 0. The Balaban J connectivity index is 1.32. The molecule has 10 nitrogen and oxygen atoms in total. The van der Waals surface area contributed by atoms with Gasteiger partial charge in [-0.1, -0.05) is 49.4 Å². The third-order valence-electron chi connectivity index (χ3n) is 10.4. The lowest BCUT2D eigenvalue weighted by Gasteiger charge is -2.32. The largest absolute Gasteiger partial charge is 0.497 e. The van der Waals surface area contributed by atoms with E-state index in [1.165, 1.54) is 0 Å². The molecule has 3 aromatic carbocycles. The van der Waals surface area contributed by atoms with Crippen molar-refractivity contribution in [3.8, 4) is 5.75 Å². The van der Waals surface area contributed by atoms with E-state index in [4.69, 9.17) is 9.47 Å². The summed E-state index contributed by atoms with van der Waals surface area (Å²) in [6, 6.07) is 22.9. The van der Waals surface area contributed by atoms with Gasteiger partial charge in [0.25, 0.3) is 5.91 Å². The first kappa shape index (κ1) is 34.8. The Morgan fingerprint density at radius 3 is 2.43 bits per heavy atom. The van der Waals surface area contributed by atoms with E-state index in [1.54, 1.807) is 16.9 Å². The van der Waals surface area contributed by atoms with Crippen molar-refractivity contribution < 1.29 is 33.8 Å². The van der Waals surface area contributed by atoms with Gasteiger partial charge in [-0.3, -0.25) is 14.4 Å². The molecule has 3 heterocycles. The Morgan fingerprint density at radius 1 is 1.04 bits per heavy atom. The summed E-state index contributed by atoms with van der Waals surface area (Å²) in [5.74, 6) is -0.201. The van der Waals surface area contributed by atoms with E-state index in [9.17, 15) is 24.3 Å². The zero-order valence-electron chi connectivity index (χ0n) is 28.8. The van der Waals surface area contributed by atoms with Gasteiger partial charge < -0.3 is 34.1 Å². The van der Waals surface area contributed by atoms with Crippen LogP contribution < -0.4 is 14.5 Å². The zero-order chi connectivity index (χ0) is 34.9. The summed E-state index contributed by atoms with van der Waals surface area (Å²) in [6.07, 6.45) is 1.68. The molecule has 260 valence electrons. The van der Waals surface area contributed by atoms with Crippen LogP contribution in [-0.4, -0.2) is 73.8 Å². The standard InChI is InChI=1S/C38H47N3O7Si/c1-26-36(49(3,4)46)33(23-35(44)39(20-21-42)24-27-10-6-5-7-11-27)48-38(26)31-22-30(47-2)17-18-32(31)41(37(38)45)25-28-13-15-29(16-14-28)40-19-9-8-12-34(40)43/h5-7,10-11,13-18,22,26,33,36,42,46H,8-9,12,19-21,23-25H2,1-4H3/t26-,33+,36-,38+/m0/s1. The molecule has 0 aromatic heterocycles. The fraction of sp³-hybridized carbons (Fsp3) is 0.447. The van der Waals surface area contributed by atoms with Crippen LogP contribution in [-0.2, 0) is 37.8 Å². The second kappa shape index (κ2) is 14.1. The molecule has 3 amide bonds. The van der Waals surface area contributed by atoms with Crippen LogP contribution in [0, 0.1) is 5.92 Å². The van der Waals surface area contributed by atoms with Crippen LogP contribution in [0.4, 0.5) is 11.4 Å². The van der Waals surface area contributed by atoms with Gasteiger partial charge in [0.05, 0.1) is 38.5 Å². The number of anilines is 2. The van der Waals surface area contributed by atoms with Gasteiger partial charge in [0, 0.05) is 48.8 Å². The van der Waals surface area contributed by atoms with Crippen LogP contribution in [0.3, 0.4) is 0 Å². The van der Waals surface area contributed by atoms with Gasteiger partial charge in [0.2, 0.25) is 11.8 Å². The number of amides is 3. The van der Waals surface area contributed by atoms with Gasteiger partial charge in [0.1, 0.15) is 5.75 Å². The van der Waals surface area contributed by atoms with Crippen LogP contribution in [0.25, 0.3) is 0 Å². The Labute approximate surface area is 289 Å². The summed E-state index contributed by atoms with van der Waals surface area (Å²) in [5.41, 5.74) is 2.17. The average molecular weight is 686 g/mol. The van der Waals surface area contributed by atoms with Crippen LogP contribution >= 0.6 is 0 Å². The van der Waals surface area contributed by atoms with E-state index in [0.29, 0.717) is 36.5 Å². The Morgan fingerprint density at radius 2 is 1.78 bits per heavy atom. The Bertz CT molecular complexity index is 1680. The molecule has 2 N–H and O–H groups in total. The highest BCUT2D eigenvalue weighted by atomic mass is 28.4. The molecule has 3 aromatic rings. The molecule has 0 unspecified atom stereocenters. The molecular weight excluding hydrogens is 639 g/mol. The lowest BCUT2D eigenvalue weighted by atomic mass is 9.82. The third kappa shape index (κ3) is 6.64. The van der Waals surface area contributed by atoms with Gasteiger partial charge in [-0.15, -0.1) is 0 Å². The van der Waals surface area contributed by atoms with E-state index in [-0.39, 0.29) is 43.8 Å². The smallest absolute Gasteiger partial charge is 0.264 e. The van der Waals surface area contributed by atoms with Crippen molar-refractivity contribution in [3.05, 3.63) is 89.5 Å². The second-order valence-corrected chi connectivity index (χ2v) is 18.0. The molecule has 1 spiro atoms. The maximum atomic E-state index is 14.9. The van der Waals surface area contributed by atoms with E-state index >= 15 is 0 Å². The van der Waals surface area contributed by atoms with Crippen LogP contribution in [0.5, 0.6) is 5.75 Å². The van der Waals surface area contributed by atoms with Crippen molar-refractivity contribution in [3.63, 3.8) is 0 Å². The minimum absolute atomic E-state index is 0.0379. The maximum absolute atomic E-state index is 14.9. The van der Waals surface area contributed by atoms with Crippen molar-refractivity contribution in [2.45, 2.75) is 76.0 Å². The molecule has 2 saturated heterocycles. The zero-order valence-corrected chi connectivity index (χ0v) is 29.8. The number of aliphatic hydroxyl groups excluding tert-OH is 1. The molecule has 6 rings (SSSR count). The minimum Gasteiger partial charge on any atom is -0.497 e. The lowest BCUT2D eigenvalue weighted by molar-refractivity contribution is -0.150. The monoisotopic (exact) mass is 685 g/mol. The topological polar surface area (TPSA) is 120 Å². The third-order valence-corrected chi connectivity index (χ3v) is 12.9. The number of piperidine rings is 1. The van der Waals surface area contributed by atoms with Gasteiger partial charge in [-0.2, -0.15) is 0 Å². The number of carbonyl (C=O) groups is 3. The first-order valence-electron chi connectivity index (χ1n) is 17.2. The normalized spacial score (nSPS) is 23.7. The number of fused-ring (bicyclic) bond motifs is 2. The molecule has 49 heavy (non-hydrogen) atoms. The highest BCUT2D eigenvalue weighted by molar-refractivity contribution is 6.71. The highest BCUT2D eigenvalue weighted by Gasteiger charge is 2.66. The van der Waals surface area contributed by atoms with Crippen LogP contribution in [0.15, 0.2) is 72.8 Å². The Hall–Kier alpha value is -4.03. The fourth-order valence-corrected chi connectivity index (χ4v) is 10.7. The first-order chi connectivity index (χ1) is 23.5. The summed E-state index contributed by atoms with van der Waals surface area (Å²) in [4.78, 5) is 58.1. The van der Waals surface area contributed by atoms with Crippen LogP contribution in [0.2, 0.25) is 18.6 Å². The molecule has 3 aliphatic heterocycles. The quantitative estimate of drug-likeness (QED) is 0.274. The summed E-state index contributed by atoms with van der Waals surface area (Å²) in [6.45, 7) is 6.89. The minimum atomic E-state index is -3.01. The molecule has 0 bridgehead atoms. The number of nitrogens with zero attached hydrogens (tertiary/aromatic N) is 3. The van der Waals surface area contributed by atoms with E-state index in [0.717, 1.165) is 29.7 Å². The average Bonchev–Trinajstić information content (AvgIpc) is 3.51. The van der Waals surface area contributed by atoms with Crippen LogP contribution in [0.1, 0.15) is 49.3 Å². The number of ether oxygens (including phenoxy) is 2. The fourth-order valence-electron chi connectivity index (χ4n) is 8.10. The van der Waals surface area contributed by atoms with Gasteiger partial charge in [-0.25, -0.2) is 0 Å². The molecule has 0 radical (unpaired) electrons. The van der Waals surface area contributed by atoms with E-state index in [1.807, 2.05) is 97.7 Å². The molecule has 0 aliphatic carbocycles. The molecule has 0 saturated carbocycles. The van der Waals surface area contributed by atoms with Crippen molar-refractivity contribution in [2.24, 2.45) is 5.92 Å². The number of carbonyl (C=O) groups excluding carboxylic acids is 3. The maximum Gasteiger partial charge on any atom is 0.264 e. The van der Waals surface area contributed by atoms with E-state index in [2.05, 4.69) is 0 Å². The number of hydrogen-bond donors (Lipinski definition) is 2. The molecular formula is C38H47N3O7Si. The first-order valence-corrected chi connectivity index (χ1v) is 20.2. The molecule has 3 aliphatic rings. The Kier molecular flexibility index (Phi) is 9.99. The number of aliphatic hydroxyl groups is 1.